The van der Waals surface area contributed by atoms with Crippen molar-refractivity contribution in [2.24, 2.45) is 0 Å². The van der Waals surface area contributed by atoms with Crippen molar-refractivity contribution in [2.45, 2.75) is 0 Å². The van der Waals surface area contributed by atoms with Crippen LogP contribution in [-0.4, -0.2) is 9.97 Å². The molecule has 0 aliphatic heterocycles. The quantitative estimate of drug-likeness (QED) is 0.191. The number of hydrogen-bond acceptors (Lipinski definition) is 3. The van der Waals surface area contributed by atoms with Gasteiger partial charge in [0.25, 0.3) is 0 Å². The molecule has 10 aromatic rings. The van der Waals surface area contributed by atoms with Gasteiger partial charge in [-0.2, -0.15) is 0 Å². The third-order valence-electron chi connectivity index (χ3n) is 9.64. The molecule has 0 unspecified atom stereocenters. The molecular weight excluding hydrogens is 613 g/mol. The Morgan fingerprint density at radius 3 is 1.73 bits per heavy atom. The molecule has 0 spiro atoms. The molecule has 10 rings (SSSR count). The van der Waals surface area contributed by atoms with Gasteiger partial charge >= 0.3 is 0 Å². The summed E-state index contributed by atoms with van der Waals surface area (Å²) in [7, 11) is 0. The van der Waals surface area contributed by atoms with Gasteiger partial charge in [0, 0.05) is 36.7 Å². The molecule has 0 aliphatic carbocycles. The van der Waals surface area contributed by atoms with Crippen LogP contribution >= 0.6 is 11.3 Å². The molecule has 8 aromatic carbocycles. The fourth-order valence-electron chi connectivity index (χ4n) is 7.18. The molecular formula is C46H28N2S. The predicted octanol–water partition coefficient (Wildman–Crippen LogP) is 13.0. The van der Waals surface area contributed by atoms with E-state index in [-0.39, 0.29) is 0 Å². The summed E-state index contributed by atoms with van der Waals surface area (Å²) < 4.78 is 2.51. The second-order valence-corrected chi connectivity index (χ2v) is 13.7. The predicted molar refractivity (Wildman–Crippen MR) is 209 cm³/mol. The van der Waals surface area contributed by atoms with Crippen molar-refractivity contribution in [1.82, 2.24) is 9.97 Å². The average molecular weight is 641 g/mol. The lowest BCUT2D eigenvalue weighted by Crippen LogP contribution is -1.96. The maximum absolute atomic E-state index is 5.32. The van der Waals surface area contributed by atoms with E-state index in [2.05, 4.69) is 170 Å². The summed E-state index contributed by atoms with van der Waals surface area (Å²) in [4.78, 5) is 10.5. The topological polar surface area (TPSA) is 25.8 Å². The van der Waals surface area contributed by atoms with E-state index in [9.17, 15) is 0 Å². The van der Waals surface area contributed by atoms with E-state index in [0.717, 1.165) is 33.5 Å². The molecule has 0 fully saturated rings. The molecule has 0 bridgehead atoms. The monoisotopic (exact) mass is 640 g/mol. The lowest BCUT2D eigenvalue weighted by atomic mass is 9.94. The van der Waals surface area contributed by atoms with E-state index in [1.807, 2.05) is 11.3 Å². The van der Waals surface area contributed by atoms with Crippen LogP contribution in [0.25, 0.3) is 97.5 Å². The van der Waals surface area contributed by atoms with E-state index in [1.165, 1.54) is 64.0 Å². The number of aromatic nitrogens is 2. The number of para-hydroxylation sites is 1. The third kappa shape index (κ3) is 4.78. The van der Waals surface area contributed by atoms with Crippen LogP contribution in [0.3, 0.4) is 0 Å². The molecule has 0 N–H and O–H groups in total. The largest absolute Gasteiger partial charge is 0.228 e. The standard InChI is InChI=1S/C46H28N2S/c1-3-11-33-25-35(23-19-29(33)9-1)31-17-21-32(22-18-31)40-27-37(28-43-44(40)39-14-6-8-16-42(39)49-43)46-47-41-15-7-5-13-38(41)45(48-46)36-24-20-30-10-2-4-12-34(30)26-36/h1-28H. The Hall–Kier alpha value is -6.16. The van der Waals surface area contributed by atoms with Crippen molar-refractivity contribution >= 4 is 64.0 Å². The average Bonchev–Trinajstić information content (AvgIpc) is 3.55. The number of fused-ring (bicyclic) bond motifs is 6. The fourth-order valence-corrected chi connectivity index (χ4v) is 8.36. The smallest absolute Gasteiger partial charge is 0.160 e. The van der Waals surface area contributed by atoms with Gasteiger partial charge in [0.1, 0.15) is 0 Å². The second-order valence-electron chi connectivity index (χ2n) is 12.6. The first-order valence-corrected chi connectivity index (χ1v) is 17.4. The van der Waals surface area contributed by atoms with Crippen molar-refractivity contribution in [1.29, 1.82) is 0 Å². The molecule has 2 aromatic heterocycles. The molecule has 49 heavy (non-hydrogen) atoms. The van der Waals surface area contributed by atoms with Crippen LogP contribution in [0, 0.1) is 0 Å². The van der Waals surface area contributed by atoms with Crippen molar-refractivity contribution in [2.75, 3.05) is 0 Å². The first kappa shape index (κ1) is 27.9. The zero-order valence-electron chi connectivity index (χ0n) is 26.5. The van der Waals surface area contributed by atoms with Crippen molar-refractivity contribution < 1.29 is 0 Å². The van der Waals surface area contributed by atoms with Crippen molar-refractivity contribution in [3.05, 3.63) is 170 Å². The van der Waals surface area contributed by atoms with E-state index in [4.69, 9.17) is 9.97 Å². The summed E-state index contributed by atoms with van der Waals surface area (Å²) in [5, 5.41) is 8.53. The van der Waals surface area contributed by atoms with Crippen LogP contribution in [0.1, 0.15) is 0 Å². The minimum atomic E-state index is 0.732. The van der Waals surface area contributed by atoms with Crippen molar-refractivity contribution in [3.8, 4) is 44.9 Å². The van der Waals surface area contributed by atoms with E-state index in [1.54, 1.807) is 0 Å². The van der Waals surface area contributed by atoms with Gasteiger partial charge in [-0.25, -0.2) is 9.97 Å². The Balaban J connectivity index is 1.16. The minimum Gasteiger partial charge on any atom is -0.228 e. The Labute approximate surface area is 287 Å². The third-order valence-corrected chi connectivity index (χ3v) is 10.8. The van der Waals surface area contributed by atoms with Crippen LogP contribution in [-0.2, 0) is 0 Å². The number of thiophene rings is 1. The molecule has 0 radical (unpaired) electrons. The normalized spacial score (nSPS) is 11.7. The highest BCUT2D eigenvalue weighted by Crippen LogP contribution is 2.43. The summed E-state index contributed by atoms with van der Waals surface area (Å²) in [5.74, 6) is 0.732. The molecule has 0 atom stereocenters. The number of benzene rings is 8. The minimum absolute atomic E-state index is 0.732. The van der Waals surface area contributed by atoms with E-state index in [0.29, 0.717) is 0 Å². The second kappa shape index (κ2) is 11.2. The Bertz CT molecular complexity index is 2880. The van der Waals surface area contributed by atoms with E-state index >= 15 is 0 Å². The van der Waals surface area contributed by atoms with Crippen LogP contribution in [0.15, 0.2) is 170 Å². The summed E-state index contributed by atoms with van der Waals surface area (Å²) in [6, 6.07) is 61.0. The van der Waals surface area contributed by atoms with Gasteiger partial charge in [-0.15, -0.1) is 11.3 Å². The molecule has 2 nitrogen and oxygen atoms in total. The highest BCUT2D eigenvalue weighted by molar-refractivity contribution is 7.26. The molecule has 228 valence electrons. The lowest BCUT2D eigenvalue weighted by Gasteiger charge is -2.13. The molecule has 2 heterocycles. The summed E-state index contributed by atoms with van der Waals surface area (Å²) in [6.45, 7) is 0. The number of hydrogen-bond donors (Lipinski definition) is 0. The van der Waals surface area contributed by atoms with Crippen LogP contribution < -0.4 is 0 Å². The van der Waals surface area contributed by atoms with E-state index < -0.39 is 0 Å². The van der Waals surface area contributed by atoms with Gasteiger partial charge in [-0.3, -0.25) is 0 Å². The van der Waals surface area contributed by atoms with Gasteiger partial charge in [0.15, 0.2) is 5.82 Å². The van der Waals surface area contributed by atoms with Gasteiger partial charge in [-0.1, -0.05) is 133 Å². The molecule has 3 heteroatoms. The zero-order valence-corrected chi connectivity index (χ0v) is 27.3. The van der Waals surface area contributed by atoms with Crippen LogP contribution in [0.2, 0.25) is 0 Å². The van der Waals surface area contributed by atoms with Gasteiger partial charge in [0.05, 0.1) is 11.2 Å². The maximum atomic E-state index is 5.32. The lowest BCUT2D eigenvalue weighted by molar-refractivity contribution is 1.23. The maximum Gasteiger partial charge on any atom is 0.160 e. The highest BCUT2D eigenvalue weighted by Gasteiger charge is 2.17. The SMILES string of the molecule is c1ccc2cc(-c3ccc(-c4cc(-c5nc(-c6ccc7ccccc7c6)c6ccccc6n5)cc5sc6ccccc6c45)cc3)ccc2c1. The van der Waals surface area contributed by atoms with Gasteiger partial charge < -0.3 is 0 Å². The van der Waals surface area contributed by atoms with Crippen molar-refractivity contribution in [3.63, 3.8) is 0 Å². The summed E-state index contributed by atoms with van der Waals surface area (Å²) >= 11 is 1.83. The summed E-state index contributed by atoms with van der Waals surface area (Å²) in [6.07, 6.45) is 0. The first-order valence-electron chi connectivity index (χ1n) is 16.6. The Morgan fingerprint density at radius 1 is 0.367 bits per heavy atom. The highest BCUT2D eigenvalue weighted by atomic mass is 32.1. The van der Waals surface area contributed by atoms with Crippen LogP contribution in [0.5, 0.6) is 0 Å². The number of rotatable bonds is 4. The first-order chi connectivity index (χ1) is 24.2. The van der Waals surface area contributed by atoms with Gasteiger partial charge in [-0.05, 0) is 80.2 Å². The molecule has 0 amide bonds. The number of nitrogens with zero attached hydrogens (tertiary/aromatic N) is 2. The molecule has 0 saturated heterocycles. The Kier molecular flexibility index (Phi) is 6.39. The summed E-state index contributed by atoms with van der Waals surface area (Å²) in [5.41, 5.74) is 8.78. The Morgan fingerprint density at radius 2 is 0.959 bits per heavy atom. The fraction of sp³-hybridized carbons (Fsp3) is 0. The van der Waals surface area contributed by atoms with Gasteiger partial charge in [0.2, 0.25) is 0 Å². The van der Waals surface area contributed by atoms with Crippen LogP contribution in [0.4, 0.5) is 0 Å². The molecule has 0 aliphatic rings. The molecule has 0 saturated carbocycles. The zero-order chi connectivity index (χ0) is 32.3.